The number of pyridine rings is 1. The first kappa shape index (κ1) is 16.3. The van der Waals surface area contributed by atoms with Gasteiger partial charge in [-0.2, -0.15) is 13.2 Å². The van der Waals surface area contributed by atoms with Crippen LogP contribution >= 0.6 is 11.6 Å². The van der Waals surface area contributed by atoms with Crippen molar-refractivity contribution in [3.8, 4) is 0 Å². The van der Waals surface area contributed by atoms with Gasteiger partial charge in [0, 0.05) is 18.9 Å². The van der Waals surface area contributed by atoms with E-state index in [0.717, 1.165) is 12.1 Å². The maximum Gasteiger partial charge on any atom is 0.416 e. The standard InChI is InChI=1S/C15H10ClF3N4O/c1-23-7-21-12-11(16)10(6-20-13(12)23)14(24)22-9-4-2-8(3-5-9)15(17,18)19/h2-7H,1H3,(H,22,24). The molecule has 0 aliphatic heterocycles. The molecule has 1 N–H and O–H groups in total. The van der Waals surface area contributed by atoms with E-state index in [-0.39, 0.29) is 16.3 Å². The molecule has 124 valence electrons. The summed E-state index contributed by atoms with van der Waals surface area (Å²) in [4.78, 5) is 20.5. The van der Waals surface area contributed by atoms with Gasteiger partial charge < -0.3 is 9.88 Å². The second-order valence-electron chi connectivity index (χ2n) is 5.04. The molecular formula is C15H10ClF3N4O. The number of aryl methyl sites for hydroxylation is 1. The summed E-state index contributed by atoms with van der Waals surface area (Å²) < 4.78 is 39.2. The monoisotopic (exact) mass is 354 g/mol. The molecule has 0 unspecified atom stereocenters. The van der Waals surface area contributed by atoms with Crippen LogP contribution < -0.4 is 5.32 Å². The molecule has 0 bridgehead atoms. The largest absolute Gasteiger partial charge is 0.416 e. The van der Waals surface area contributed by atoms with E-state index in [2.05, 4.69) is 15.3 Å². The Morgan fingerprint density at radius 2 is 1.88 bits per heavy atom. The van der Waals surface area contributed by atoms with Crippen molar-refractivity contribution in [3.05, 3.63) is 52.9 Å². The summed E-state index contributed by atoms with van der Waals surface area (Å²) in [5.41, 5.74) is 0.397. The molecule has 0 spiro atoms. The third-order valence-corrected chi connectivity index (χ3v) is 3.76. The highest BCUT2D eigenvalue weighted by molar-refractivity contribution is 6.38. The zero-order chi connectivity index (χ0) is 17.5. The summed E-state index contributed by atoms with van der Waals surface area (Å²) in [6.45, 7) is 0. The Kier molecular flexibility index (Phi) is 3.92. The number of hydrogen-bond acceptors (Lipinski definition) is 3. The predicted molar refractivity (Wildman–Crippen MR) is 82.9 cm³/mol. The summed E-state index contributed by atoms with van der Waals surface area (Å²) in [6.07, 6.45) is -1.62. The minimum Gasteiger partial charge on any atom is -0.322 e. The van der Waals surface area contributed by atoms with Crippen LogP contribution in [0.4, 0.5) is 18.9 Å². The fraction of sp³-hybridized carbons (Fsp3) is 0.133. The molecule has 0 radical (unpaired) electrons. The second-order valence-corrected chi connectivity index (χ2v) is 5.42. The number of aromatic nitrogens is 3. The summed E-state index contributed by atoms with van der Waals surface area (Å²) in [5.74, 6) is -0.584. The number of anilines is 1. The molecule has 1 amide bonds. The van der Waals surface area contributed by atoms with E-state index >= 15 is 0 Å². The maximum atomic E-state index is 12.5. The zero-order valence-electron chi connectivity index (χ0n) is 12.2. The van der Waals surface area contributed by atoms with Crippen LogP contribution in [-0.2, 0) is 13.2 Å². The lowest BCUT2D eigenvalue weighted by atomic mass is 10.2. The third-order valence-electron chi connectivity index (χ3n) is 3.38. The SMILES string of the molecule is Cn1cnc2c(Cl)c(C(=O)Nc3ccc(C(F)(F)F)cc3)cnc21. The molecule has 0 fully saturated rings. The van der Waals surface area contributed by atoms with Crippen molar-refractivity contribution in [2.24, 2.45) is 7.05 Å². The fourth-order valence-corrected chi connectivity index (χ4v) is 2.41. The number of amides is 1. The van der Waals surface area contributed by atoms with Crippen molar-refractivity contribution in [2.45, 2.75) is 6.18 Å². The highest BCUT2D eigenvalue weighted by atomic mass is 35.5. The van der Waals surface area contributed by atoms with Crippen LogP contribution in [0.2, 0.25) is 5.02 Å². The molecule has 1 aromatic carbocycles. The number of imidazole rings is 1. The van der Waals surface area contributed by atoms with Gasteiger partial charge in [0.05, 0.1) is 22.5 Å². The molecule has 3 rings (SSSR count). The predicted octanol–water partition coefficient (Wildman–Crippen LogP) is 3.89. The Labute approximate surface area is 139 Å². The number of nitrogens with zero attached hydrogens (tertiary/aromatic N) is 3. The van der Waals surface area contributed by atoms with Crippen molar-refractivity contribution in [1.29, 1.82) is 0 Å². The van der Waals surface area contributed by atoms with Gasteiger partial charge in [-0.05, 0) is 24.3 Å². The van der Waals surface area contributed by atoms with Crippen LogP contribution in [0, 0.1) is 0 Å². The quantitative estimate of drug-likeness (QED) is 0.759. The van der Waals surface area contributed by atoms with E-state index in [1.54, 1.807) is 11.6 Å². The van der Waals surface area contributed by atoms with E-state index in [0.29, 0.717) is 11.2 Å². The van der Waals surface area contributed by atoms with E-state index in [4.69, 9.17) is 11.6 Å². The lowest BCUT2D eigenvalue weighted by Gasteiger charge is -2.09. The number of rotatable bonds is 2. The van der Waals surface area contributed by atoms with E-state index in [1.807, 2.05) is 0 Å². The normalized spacial score (nSPS) is 11.7. The average molecular weight is 355 g/mol. The molecule has 2 aromatic heterocycles. The molecule has 0 saturated heterocycles. The molecule has 3 aromatic rings. The molecule has 2 heterocycles. The van der Waals surface area contributed by atoms with E-state index < -0.39 is 17.6 Å². The van der Waals surface area contributed by atoms with Crippen LogP contribution in [0.3, 0.4) is 0 Å². The number of hydrogen-bond donors (Lipinski definition) is 1. The number of carbonyl (C=O) groups excluding carboxylic acids is 1. The number of benzene rings is 1. The van der Waals surface area contributed by atoms with Crippen LogP contribution in [0.1, 0.15) is 15.9 Å². The Morgan fingerprint density at radius 3 is 2.50 bits per heavy atom. The van der Waals surface area contributed by atoms with Gasteiger partial charge in [0.1, 0.15) is 5.52 Å². The number of fused-ring (bicyclic) bond motifs is 1. The number of carbonyl (C=O) groups is 1. The highest BCUT2D eigenvalue weighted by Crippen LogP contribution is 2.30. The van der Waals surface area contributed by atoms with Crippen LogP contribution in [0.25, 0.3) is 11.2 Å². The number of halogens is 4. The minimum absolute atomic E-state index is 0.0859. The smallest absolute Gasteiger partial charge is 0.322 e. The maximum absolute atomic E-state index is 12.5. The summed E-state index contributed by atoms with van der Waals surface area (Å²) in [6, 6.07) is 4.11. The summed E-state index contributed by atoms with van der Waals surface area (Å²) in [5, 5.41) is 2.61. The first-order valence-electron chi connectivity index (χ1n) is 6.71. The molecule has 0 saturated carbocycles. The Hall–Kier alpha value is -2.61. The zero-order valence-corrected chi connectivity index (χ0v) is 13.0. The molecule has 0 aliphatic carbocycles. The Morgan fingerprint density at radius 1 is 1.21 bits per heavy atom. The molecule has 24 heavy (non-hydrogen) atoms. The highest BCUT2D eigenvalue weighted by Gasteiger charge is 2.30. The van der Waals surface area contributed by atoms with Crippen LogP contribution in [-0.4, -0.2) is 20.4 Å². The van der Waals surface area contributed by atoms with Gasteiger partial charge in [-0.25, -0.2) is 9.97 Å². The number of alkyl halides is 3. The molecule has 9 heteroatoms. The first-order chi connectivity index (χ1) is 11.3. The lowest BCUT2D eigenvalue weighted by molar-refractivity contribution is -0.137. The van der Waals surface area contributed by atoms with Gasteiger partial charge in [0.15, 0.2) is 5.65 Å². The van der Waals surface area contributed by atoms with Crippen LogP contribution in [0.15, 0.2) is 36.8 Å². The van der Waals surface area contributed by atoms with Gasteiger partial charge in [0.25, 0.3) is 5.91 Å². The fourth-order valence-electron chi connectivity index (χ4n) is 2.14. The first-order valence-corrected chi connectivity index (χ1v) is 7.09. The third kappa shape index (κ3) is 2.92. The summed E-state index contributed by atoms with van der Waals surface area (Å²) in [7, 11) is 1.74. The van der Waals surface area contributed by atoms with Crippen molar-refractivity contribution in [3.63, 3.8) is 0 Å². The van der Waals surface area contributed by atoms with Crippen molar-refractivity contribution in [1.82, 2.24) is 14.5 Å². The minimum atomic E-state index is -4.43. The van der Waals surface area contributed by atoms with Crippen molar-refractivity contribution >= 4 is 34.4 Å². The van der Waals surface area contributed by atoms with Gasteiger partial charge in [-0.15, -0.1) is 0 Å². The van der Waals surface area contributed by atoms with Crippen molar-refractivity contribution < 1.29 is 18.0 Å². The van der Waals surface area contributed by atoms with Gasteiger partial charge in [-0.1, -0.05) is 11.6 Å². The molecular weight excluding hydrogens is 345 g/mol. The van der Waals surface area contributed by atoms with Gasteiger partial charge >= 0.3 is 6.18 Å². The van der Waals surface area contributed by atoms with Crippen molar-refractivity contribution in [2.75, 3.05) is 5.32 Å². The van der Waals surface area contributed by atoms with E-state index in [1.165, 1.54) is 24.7 Å². The second kappa shape index (κ2) is 5.79. The van der Waals surface area contributed by atoms with Gasteiger partial charge in [0.2, 0.25) is 0 Å². The van der Waals surface area contributed by atoms with E-state index in [9.17, 15) is 18.0 Å². The Balaban J connectivity index is 1.86. The average Bonchev–Trinajstić information content (AvgIpc) is 2.89. The topological polar surface area (TPSA) is 59.8 Å². The molecule has 0 aliphatic rings. The Bertz CT molecular complexity index is 919. The molecule has 0 atom stereocenters. The summed E-state index contributed by atoms with van der Waals surface area (Å²) >= 11 is 6.18. The van der Waals surface area contributed by atoms with Gasteiger partial charge in [-0.3, -0.25) is 4.79 Å². The number of nitrogens with one attached hydrogen (secondary N) is 1. The molecule has 5 nitrogen and oxygen atoms in total. The van der Waals surface area contributed by atoms with Crippen LogP contribution in [0.5, 0.6) is 0 Å². The lowest BCUT2D eigenvalue weighted by Crippen LogP contribution is -2.13.